The van der Waals surface area contributed by atoms with Crippen molar-refractivity contribution < 1.29 is 14.7 Å². The van der Waals surface area contributed by atoms with Crippen LogP contribution in [0.25, 0.3) is 0 Å². The molecular weight excluding hydrogens is 296 g/mol. The molecule has 126 valence electrons. The van der Waals surface area contributed by atoms with E-state index in [-0.39, 0.29) is 18.4 Å². The molecule has 2 aliphatic heterocycles. The van der Waals surface area contributed by atoms with Crippen LogP contribution in [0.5, 0.6) is 0 Å². The first-order chi connectivity index (χ1) is 11.0. The van der Waals surface area contributed by atoms with Crippen molar-refractivity contribution in [3.8, 4) is 0 Å². The summed E-state index contributed by atoms with van der Waals surface area (Å²) < 4.78 is 1.69. The Bertz CT molecular complexity index is 627. The second kappa shape index (κ2) is 5.96. The predicted octanol–water partition coefficient (Wildman–Crippen LogP) is 0.315. The zero-order valence-corrected chi connectivity index (χ0v) is 13.7. The quantitative estimate of drug-likeness (QED) is 0.821. The number of likely N-dealkylation sites (tertiary alicyclic amines) is 1. The Morgan fingerprint density at radius 3 is 3.04 bits per heavy atom. The van der Waals surface area contributed by atoms with Crippen molar-refractivity contribution >= 4 is 11.8 Å². The summed E-state index contributed by atoms with van der Waals surface area (Å²) in [5.41, 5.74) is 0.489. The second-order valence-electron chi connectivity index (χ2n) is 6.53. The Balaban J connectivity index is 1.86. The van der Waals surface area contributed by atoms with Crippen molar-refractivity contribution in [3.63, 3.8) is 0 Å². The highest BCUT2D eigenvalue weighted by atomic mass is 16.3. The normalized spacial score (nSPS) is 28.0. The maximum absolute atomic E-state index is 12.9. The van der Waals surface area contributed by atoms with Crippen molar-refractivity contribution in [2.24, 2.45) is 5.41 Å². The molecule has 3 rings (SSSR count). The van der Waals surface area contributed by atoms with Gasteiger partial charge in [-0.25, -0.2) is 0 Å². The minimum Gasteiger partial charge on any atom is -0.392 e. The van der Waals surface area contributed by atoms with Gasteiger partial charge in [-0.1, -0.05) is 0 Å². The molecule has 2 N–H and O–H groups in total. The molecule has 0 saturated carbocycles. The fourth-order valence-corrected chi connectivity index (χ4v) is 3.74. The van der Waals surface area contributed by atoms with Gasteiger partial charge >= 0.3 is 0 Å². The van der Waals surface area contributed by atoms with Crippen molar-refractivity contribution in [2.75, 3.05) is 19.6 Å². The zero-order chi connectivity index (χ0) is 16.6. The number of hydrogen-bond acceptors (Lipinski definition) is 4. The van der Waals surface area contributed by atoms with Crippen LogP contribution in [-0.2, 0) is 11.3 Å². The molecule has 2 aliphatic rings. The van der Waals surface area contributed by atoms with E-state index in [1.165, 1.54) is 0 Å². The van der Waals surface area contributed by atoms with E-state index < -0.39 is 11.5 Å². The molecule has 1 aromatic rings. The Morgan fingerprint density at radius 1 is 1.57 bits per heavy atom. The predicted molar refractivity (Wildman–Crippen MR) is 83.8 cm³/mol. The summed E-state index contributed by atoms with van der Waals surface area (Å²) in [5.74, 6) is -0.244. The van der Waals surface area contributed by atoms with Gasteiger partial charge in [-0.2, -0.15) is 5.10 Å². The molecule has 0 unspecified atom stereocenters. The van der Waals surface area contributed by atoms with E-state index >= 15 is 0 Å². The van der Waals surface area contributed by atoms with Crippen LogP contribution < -0.4 is 5.32 Å². The van der Waals surface area contributed by atoms with Gasteiger partial charge in [0, 0.05) is 26.2 Å². The number of aliphatic hydroxyl groups excluding tert-OH is 1. The highest BCUT2D eigenvalue weighted by Crippen LogP contribution is 2.37. The molecule has 7 nitrogen and oxygen atoms in total. The number of carbonyl (C=O) groups excluding carboxylic acids is 2. The lowest BCUT2D eigenvalue weighted by molar-refractivity contribution is -0.147. The molecule has 0 radical (unpaired) electrons. The molecule has 2 fully saturated rings. The SMILES string of the molecule is CCn1nc(C)cc1C(=O)N1CC[C@H](O)[C@@]2(CCCNC2=O)C1. The molecule has 1 aromatic heterocycles. The molecule has 2 saturated heterocycles. The fraction of sp³-hybridized carbons (Fsp3) is 0.688. The minimum absolute atomic E-state index is 0.114. The maximum atomic E-state index is 12.9. The number of amides is 2. The van der Waals surface area contributed by atoms with E-state index in [1.807, 2.05) is 13.8 Å². The van der Waals surface area contributed by atoms with Gasteiger partial charge < -0.3 is 15.3 Å². The summed E-state index contributed by atoms with van der Waals surface area (Å²) in [5, 5.41) is 17.6. The van der Waals surface area contributed by atoms with Gasteiger partial charge in [-0.3, -0.25) is 14.3 Å². The van der Waals surface area contributed by atoms with Gasteiger partial charge in [0.25, 0.3) is 5.91 Å². The Labute approximate surface area is 135 Å². The van der Waals surface area contributed by atoms with E-state index in [0.29, 0.717) is 38.2 Å². The van der Waals surface area contributed by atoms with Gasteiger partial charge in [0.15, 0.2) is 0 Å². The van der Waals surface area contributed by atoms with Crippen molar-refractivity contribution in [2.45, 2.75) is 45.8 Å². The van der Waals surface area contributed by atoms with Crippen LogP contribution in [0, 0.1) is 12.3 Å². The summed E-state index contributed by atoms with van der Waals surface area (Å²) in [7, 11) is 0. The van der Waals surface area contributed by atoms with Gasteiger partial charge in [0.1, 0.15) is 5.69 Å². The third-order valence-electron chi connectivity index (χ3n) is 5.03. The van der Waals surface area contributed by atoms with Gasteiger partial charge in [-0.15, -0.1) is 0 Å². The average Bonchev–Trinajstić information content (AvgIpc) is 2.93. The summed E-state index contributed by atoms with van der Waals surface area (Å²) >= 11 is 0. The molecule has 1 spiro atoms. The summed E-state index contributed by atoms with van der Waals surface area (Å²) in [6.07, 6.45) is 1.19. The van der Waals surface area contributed by atoms with E-state index in [1.54, 1.807) is 15.6 Å². The van der Waals surface area contributed by atoms with Crippen LogP contribution >= 0.6 is 0 Å². The standard InChI is InChI=1S/C16H24N4O3/c1-3-20-12(9-11(2)18-20)14(22)19-8-5-13(21)16(10-19)6-4-7-17-15(16)23/h9,13,21H,3-8,10H2,1-2H3,(H,17,23)/t13-,16+/m0/s1. The average molecular weight is 320 g/mol. The lowest BCUT2D eigenvalue weighted by Gasteiger charge is -2.46. The first kappa shape index (κ1) is 16.0. The van der Waals surface area contributed by atoms with Gasteiger partial charge in [0.2, 0.25) is 5.91 Å². The van der Waals surface area contributed by atoms with Crippen molar-refractivity contribution in [3.05, 3.63) is 17.5 Å². The number of nitrogens with one attached hydrogen (secondary N) is 1. The summed E-state index contributed by atoms with van der Waals surface area (Å²) in [6, 6.07) is 1.78. The number of aromatic nitrogens is 2. The molecule has 7 heteroatoms. The Kier molecular flexibility index (Phi) is 4.14. The van der Waals surface area contributed by atoms with Crippen LogP contribution in [0.4, 0.5) is 0 Å². The molecular formula is C16H24N4O3. The van der Waals surface area contributed by atoms with Crippen LogP contribution in [0.15, 0.2) is 6.07 Å². The molecule has 0 aromatic carbocycles. The van der Waals surface area contributed by atoms with Gasteiger partial charge in [-0.05, 0) is 39.2 Å². The number of nitrogens with zero attached hydrogens (tertiary/aromatic N) is 3. The van der Waals surface area contributed by atoms with E-state index in [2.05, 4.69) is 10.4 Å². The van der Waals surface area contributed by atoms with Crippen LogP contribution in [0.3, 0.4) is 0 Å². The van der Waals surface area contributed by atoms with Gasteiger partial charge in [0.05, 0.1) is 17.2 Å². The van der Waals surface area contributed by atoms with Crippen LogP contribution in [0.2, 0.25) is 0 Å². The zero-order valence-electron chi connectivity index (χ0n) is 13.7. The lowest BCUT2D eigenvalue weighted by atomic mass is 9.71. The first-order valence-electron chi connectivity index (χ1n) is 8.28. The van der Waals surface area contributed by atoms with E-state index in [4.69, 9.17) is 0 Å². The topological polar surface area (TPSA) is 87.5 Å². The molecule has 2 amide bonds. The third kappa shape index (κ3) is 2.63. The Morgan fingerprint density at radius 2 is 2.35 bits per heavy atom. The number of aryl methyl sites for hydroxylation is 2. The van der Waals surface area contributed by atoms with Crippen LogP contribution in [-0.4, -0.2) is 57.3 Å². The fourth-order valence-electron chi connectivity index (χ4n) is 3.74. The highest BCUT2D eigenvalue weighted by molar-refractivity contribution is 5.94. The van der Waals surface area contributed by atoms with Crippen molar-refractivity contribution in [1.29, 1.82) is 0 Å². The molecule has 23 heavy (non-hydrogen) atoms. The first-order valence-corrected chi connectivity index (χ1v) is 8.28. The number of hydrogen-bond donors (Lipinski definition) is 2. The van der Waals surface area contributed by atoms with Crippen LogP contribution in [0.1, 0.15) is 42.4 Å². The number of piperidine rings is 2. The number of carbonyl (C=O) groups is 2. The van der Waals surface area contributed by atoms with Crippen molar-refractivity contribution in [1.82, 2.24) is 20.0 Å². The van der Waals surface area contributed by atoms with E-state index in [0.717, 1.165) is 12.1 Å². The highest BCUT2D eigenvalue weighted by Gasteiger charge is 2.50. The van der Waals surface area contributed by atoms with E-state index in [9.17, 15) is 14.7 Å². The summed E-state index contributed by atoms with van der Waals surface area (Å²) in [4.78, 5) is 27.0. The largest absolute Gasteiger partial charge is 0.392 e. The lowest BCUT2D eigenvalue weighted by Crippen LogP contribution is -2.62. The Hall–Kier alpha value is -1.89. The number of aliphatic hydroxyl groups is 1. The second-order valence-corrected chi connectivity index (χ2v) is 6.53. The minimum atomic E-state index is -0.863. The molecule has 2 atom stereocenters. The molecule has 0 bridgehead atoms. The molecule has 3 heterocycles. The molecule has 0 aliphatic carbocycles. The summed E-state index contributed by atoms with van der Waals surface area (Å²) in [6.45, 7) is 5.80. The monoisotopic (exact) mass is 320 g/mol. The smallest absolute Gasteiger partial charge is 0.272 e. The maximum Gasteiger partial charge on any atom is 0.272 e. The third-order valence-corrected chi connectivity index (χ3v) is 5.03. The number of rotatable bonds is 2.